The highest BCUT2D eigenvalue weighted by Gasteiger charge is 2.56. The second-order valence-electron chi connectivity index (χ2n) is 18.0. The molecule has 4 rings (SSSR count). The molecule has 332 valence electrons. The molecule has 60 heavy (non-hydrogen) atoms. The number of unbranched alkanes of at least 4 members (excludes halogenated alkanes) is 11. The maximum atomic E-state index is 13.7. The van der Waals surface area contributed by atoms with E-state index in [4.69, 9.17) is 32.8 Å². The third kappa shape index (κ3) is 15.4. The Bertz CT molecular complexity index is 1660. The van der Waals surface area contributed by atoms with Crippen LogP contribution < -0.4 is 0 Å². The lowest BCUT2D eigenvalue weighted by Crippen LogP contribution is -2.68. The second kappa shape index (κ2) is 24.2. The quantitative estimate of drug-likeness (QED) is 0.0191. The van der Waals surface area contributed by atoms with Crippen molar-refractivity contribution in [3.05, 3.63) is 94.4 Å². The van der Waals surface area contributed by atoms with Crippen LogP contribution in [0.1, 0.15) is 139 Å². The van der Waals surface area contributed by atoms with Gasteiger partial charge in [0.2, 0.25) is 0 Å². The minimum Gasteiger partial charge on any atom is -0.454 e. The van der Waals surface area contributed by atoms with E-state index in [1.165, 1.54) is 57.8 Å². The lowest BCUT2D eigenvalue weighted by Gasteiger charge is -2.52. The molecule has 2 aromatic carbocycles. The standard InChI is InChI=1S/C47H71N3O9Si/c1-9-10-11-12-13-14-15-16-17-18-19-20-27-32-38(55-43(51)35-28-23-21-24-29-35)37(49-50-48)33-53-45-42(59-60(7,8)46(2,3)4)41(57-44(52)36-30-25-22-26-31-36)40-39(56-45)34-54-47(5,6)58-40/h21-32,37-42,45H,9-20,33-34H2,1-8H3/t37-,38+,39+,40+,41-,42-,45-/m0/s1. The molecule has 13 heteroatoms. The number of fused-ring (bicyclic) bond motifs is 1. The van der Waals surface area contributed by atoms with Gasteiger partial charge in [0, 0.05) is 4.91 Å². The van der Waals surface area contributed by atoms with Crippen molar-refractivity contribution in [1.82, 2.24) is 0 Å². The topological polar surface area (TPSA) is 148 Å². The number of hydrogen-bond donors (Lipinski definition) is 0. The zero-order valence-corrected chi connectivity index (χ0v) is 38.4. The molecule has 0 saturated carbocycles. The van der Waals surface area contributed by atoms with Crippen LogP contribution in [0, 0.1) is 0 Å². The normalized spacial score (nSPS) is 22.6. The molecule has 7 atom stereocenters. The Morgan fingerprint density at radius 2 is 1.45 bits per heavy atom. The molecule has 0 amide bonds. The average Bonchev–Trinajstić information content (AvgIpc) is 3.21. The molecule has 12 nitrogen and oxygen atoms in total. The summed E-state index contributed by atoms with van der Waals surface area (Å²) in [6, 6.07) is 16.5. The largest absolute Gasteiger partial charge is 0.454 e. The van der Waals surface area contributed by atoms with Gasteiger partial charge < -0.3 is 32.8 Å². The first-order chi connectivity index (χ1) is 28.7. The van der Waals surface area contributed by atoms with Gasteiger partial charge in [-0.3, -0.25) is 0 Å². The number of benzene rings is 2. The second-order valence-corrected chi connectivity index (χ2v) is 22.8. The number of hydrogen-bond acceptors (Lipinski definition) is 10. The maximum Gasteiger partial charge on any atom is 0.338 e. The molecule has 0 unspecified atom stereocenters. The van der Waals surface area contributed by atoms with Gasteiger partial charge in [-0.15, -0.1) is 0 Å². The first-order valence-electron chi connectivity index (χ1n) is 22.2. The lowest BCUT2D eigenvalue weighted by atomic mass is 9.97. The van der Waals surface area contributed by atoms with Gasteiger partial charge in [-0.2, -0.15) is 0 Å². The van der Waals surface area contributed by atoms with Gasteiger partial charge >= 0.3 is 11.9 Å². The molecule has 0 N–H and O–H groups in total. The van der Waals surface area contributed by atoms with E-state index in [1.54, 1.807) is 68.5 Å². The van der Waals surface area contributed by atoms with Gasteiger partial charge in [0.05, 0.1) is 24.3 Å². The third-order valence-electron chi connectivity index (χ3n) is 11.7. The fraction of sp³-hybridized carbons (Fsp3) is 0.660. The van der Waals surface area contributed by atoms with E-state index >= 15 is 0 Å². The summed E-state index contributed by atoms with van der Waals surface area (Å²) in [5.74, 6) is -2.08. The highest BCUT2D eigenvalue weighted by Crippen LogP contribution is 2.42. The molecule has 2 saturated heterocycles. The Hall–Kier alpha value is -3.55. The van der Waals surface area contributed by atoms with Crippen LogP contribution in [-0.4, -0.2) is 82.1 Å². The molecule has 2 aliphatic heterocycles. The predicted molar refractivity (Wildman–Crippen MR) is 236 cm³/mol. The fourth-order valence-corrected chi connectivity index (χ4v) is 8.38. The van der Waals surface area contributed by atoms with Crippen molar-refractivity contribution < 1.29 is 42.4 Å². The van der Waals surface area contributed by atoms with Crippen molar-refractivity contribution in [2.45, 2.75) is 185 Å². The Morgan fingerprint density at radius 3 is 2.02 bits per heavy atom. The summed E-state index contributed by atoms with van der Waals surface area (Å²) in [6.07, 6.45) is 12.8. The van der Waals surface area contributed by atoms with Gasteiger partial charge in [0.1, 0.15) is 30.5 Å². The highest BCUT2D eigenvalue weighted by molar-refractivity contribution is 6.74. The molecule has 0 aliphatic carbocycles. The molecular formula is C47H71N3O9Si. The highest BCUT2D eigenvalue weighted by atomic mass is 28.4. The molecule has 0 radical (unpaired) electrons. The first kappa shape index (κ1) is 49.1. The van der Waals surface area contributed by atoms with Crippen LogP contribution >= 0.6 is 0 Å². The molecule has 0 bridgehead atoms. The Balaban J connectivity index is 1.55. The number of carbonyl (C=O) groups excluding carboxylic acids is 2. The number of azide groups is 1. The summed E-state index contributed by atoms with van der Waals surface area (Å²) in [6.45, 7) is 16.3. The van der Waals surface area contributed by atoms with Crippen molar-refractivity contribution in [3.63, 3.8) is 0 Å². The van der Waals surface area contributed by atoms with Crippen molar-refractivity contribution in [2.75, 3.05) is 13.2 Å². The summed E-state index contributed by atoms with van der Waals surface area (Å²) in [5.41, 5.74) is 10.5. The number of allylic oxidation sites excluding steroid dienone is 1. The zero-order valence-electron chi connectivity index (χ0n) is 37.4. The van der Waals surface area contributed by atoms with Gasteiger partial charge in [-0.1, -0.05) is 139 Å². The van der Waals surface area contributed by atoms with Crippen LogP contribution in [-0.2, 0) is 32.8 Å². The Labute approximate surface area is 359 Å². The van der Waals surface area contributed by atoms with Crippen molar-refractivity contribution in [2.24, 2.45) is 5.11 Å². The number of esters is 2. The van der Waals surface area contributed by atoms with E-state index < -0.39 is 68.9 Å². The zero-order chi connectivity index (χ0) is 43.6. The molecular weight excluding hydrogens is 779 g/mol. The van der Waals surface area contributed by atoms with Crippen molar-refractivity contribution >= 4 is 20.3 Å². The van der Waals surface area contributed by atoms with Gasteiger partial charge in [-0.05, 0) is 80.7 Å². The van der Waals surface area contributed by atoms with E-state index in [0.717, 1.165) is 19.3 Å². The van der Waals surface area contributed by atoms with Gasteiger partial charge in [0.15, 0.2) is 26.5 Å². The van der Waals surface area contributed by atoms with E-state index in [2.05, 4.69) is 50.8 Å². The summed E-state index contributed by atoms with van der Waals surface area (Å²) in [5, 5.41) is 3.85. The van der Waals surface area contributed by atoms with E-state index in [1.807, 2.05) is 18.2 Å². The van der Waals surface area contributed by atoms with Crippen LogP contribution in [0.25, 0.3) is 10.4 Å². The van der Waals surface area contributed by atoms with E-state index in [-0.39, 0.29) is 18.3 Å². The smallest absolute Gasteiger partial charge is 0.338 e. The molecule has 2 heterocycles. The molecule has 2 aromatic rings. The predicted octanol–water partition coefficient (Wildman–Crippen LogP) is 11.7. The SMILES string of the molecule is CCCCCCCCCCCCCC=C[C@@H](OC(=O)c1ccccc1)[C@H](CO[C@H]1O[C@@H]2COC(C)(C)O[C@H]2[C@H](OC(=O)c2ccccc2)[C@@H]1O[Si](C)(C)C(C)(C)C)N=[N+]=[N-]. The Kier molecular flexibility index (Phi) is 19.8. The number of nitrogens with zero attached hydrogens (tertiary/aromatic N) is 3. The summed E-state index contributed by atoms with van der Waals surface area (Å²) in [7, 11) is -2.60. The maximum absolute atomic E-state index is 13.7. The summed E-state index contributed by atoms with van der Waals surface area (Å²) >= 11 is 0. The van der Waals surface area contributed by atoms with Crippen LogP contribution in [0.15, 0.2) is 77.9 Å². The molecule has 0 aromatic heterocycles. The monoisotopic (exact) mass is 849 g/mol. The van der Waals surface area contributed by atoms with Crippen LogP contribution in [0.5, 0.6) is 0 Å². The van der Waals surface area contributed by atoms with Gasteiger partial charge in [0.25, 0.3) is 0 Å². The third-order valence-corrected chi connectivity index (χ3v) is 16.1. The van der Waals surface area contributed by atoms with E-state index in [0.29, 0.717) is 11.1 Å². The molecule has 2 aliphatic rings. The minimum absolute atomic E-state index is 0.141. The summed E-state index contributed by atoms with van der Waals surface area (Å²) < 4.78 is 45.0. The number of rotatable bonds is 24. The lowest BCUT2D eigenvalue weighted by molar-refractivity contribution is -0.380. The molecule has 0 spiro atoms. The summed E-state index contributed by atoms with van der Waals surface area (Å²) in [4.78, 5) is 30.3. The molecule has 2 fully saturated rings. The van der Waals surface area contributed by atoms with Gasteiger partial charge in [-0.25, -0.2) is 9.59 Å². The fourth-order valence-electron chi connectivity index (χ4n) is 7.10. The average molecular weight is 850 g/mol. The minimum atomic E-state index is -2.60. The van der Waals surface area contributed by atoms with Crippen LogP contribution in [0.4, 0.5) is 0 Å². The number of ether oxygens (including phenoxy) is 6. The van der Waals surface area contributed by atoms with Crippen LogP contribution in [0.2, 0.25) is 18.1 Å². The van der Waals surface area contributed by atoms with Crippen molar-refractivity contribution in [1.29, 1.82) is 0 Å². The van der Waals surface area contributed by atoms with E-state index in [9.17, 15) is 15.1 Å². The van der Waals surface area contributed by atoms with Crippen molar-refractivity contribution in [3.8, 4) is 0 Å². The van der Waals surface area contributed by atoms with Crippen LogP contribution in [0.3, 0.4) is 0 Å². The first-order valence-corrected chi connectivity index (χ1v) is 25.1. The Morgan fingerprint density at radius 1 is 0.883 bits per heavy atom. The number of carbonyl (C=O) groups is 2.